The van der Waals surface area contributed by atoms with Crippen LogP contribution < -0.4 is 4.90 Å². The molecule has 1 aliphatic heterocycles. The van der Waals surface area contributed by atoms with Gasteiger partial charge in [-0.15, -0.1) is 0 Å². The lowest BCUT2D eigenvalue weighted by Crippen LogP contribution is -2.48. The van der Waals surface area contributed by atoms with E-state index in [-0.39, 0.29) is 5.91 Å². The molecule has 29 heavy (non-hydrogen) atoms. The van der Waals surface area contributed by atoms with Crippen LogP contribution in [0.25, 0.3) is 16.3 Å². The van der Waals surface area contributed by atoms with Crippen molar-refractivity contribution in [3.05, 3.63) is 63.6 Å². The van der Waals surface area contributed by atoms with Gasteiger partial charge in [0.2, 0.25) is 5.91 Å². The summed E-state index contributed by atoms with van der Waals surface area (Å²) in [6.07, 6.45) is 4.40. The Labute approximate surface area is 184 Å². The zero-order chi connectivity index (χ0) is 20.4. The van der Waals surface area contributed by atoms with Crippen molar-refractivity contribution in [1.82, 2.24) is 9.88 Å². The third kappa shape index (κ3) is 4.58. The molecule has 150 valence electrons. The maximum Gasteiger partial charge on any atom is 0.246 e. The number of amides is 1. The number of piperazine rings is 1. The van der Waals surface area contributed by atoms with Crippen LogP contribution in [0.5, 0.6) is 0 Å². The Balaban J connectivity index is 1.38. The first-order valence-electron chi connectivity index (χ1n) is 9.60. The average Bonchev–Trinajstić information content (AvgIpc) is 3.17. The summed E-state index contributed by atoms with van der Waals surface area (Å²) in [5.41, 5.74) is 3.23. The number of halogens is 2. The van der Waals surface area contributed by atoms with Crippen molar-refractivity contribution in [2.75, 3.05) is 31.1 Å². The van der Waals surface area contributed by atoms with E-state index in [0.29, 0.717) is 23.1 Å². The molecule has 0 atom stereocenters. The summed E-state index contributed by atoms with van der Waals surface area (Å²) in [5, 5.41) is 2.02. The van der Waals surface area contributed by atoms with E-state index < -0.39 is 0 Å². The smallest absolute Gasteiger partial charge is 0.246 e. The molecule has 0 bridgehead atoms. The highest BCUT2D eigenvalue weighted by Crippen LogP contribution is 2.30. The first kappa shape index (κ1) is 20.2. The Morgan fingerprint density at radius 2 is 1.90 bits per heavy atom. The lowest BCUT2D eigenvalue weighted by molar-refractivity contribution is -0.126. The number of carbonyl (C=O) groups is 1. The molecule has 4 nitrogen and oxygen atoms in total. The predicted molar refractivity (Wildman–Crippen MR) is 123 cm³/mol. The number of hydrogen-bond donors (Lipinski definition) is 0. The Bertz CT molecular complexity index is 1070. The van der Waals surface area contributed by atoms with Crippen LogP contribution in [0.15, 0.2) is 42.5 Å². The molecule has 2 aromatic carbocycles. The van der Waals surface area contributed by atoms with E-state index in [1.54, 1.807) is 35.6 Å². The summed E-state index contributed by atoms with van der Waals surface area (Å²) in [6, 6.07) is 11.8. The maximum absolute atomic E-state index is 12.5. The van der Waals surface area contributed by atoms with Crippen LogP contribution in [0.3, 0.4) is 0 Å². The van der Waals surface area contributed by atoms with Gasteiger partial charge in [0, 0.05) is 32.3 Å². The fourth-order valence-electron chi connectivity index (χ4n) is 3.32. The zero-order valence-electron chi connectivity index (χ0n) is 16.1. The standard InChI is InChI=1S/C22H21Cl2N3OS/c1-2-15-4-7-19-20(14-15)29-22(25-19)27-11-9-26(10-12-27)21(28)8-5-16-3-6-17(23)18(24)13-16/h3-8,13-14H,2,9-12H2,1H3/b8-5+. The molecule has 0 saturated carbocycles. The van der Waals surface area contributed by atoms with E-state index >= 15 is 0 Å². The van der Waals surface area contributed by atoms with Crippen molar-refractivity contribution in [1.29, 1.82) is 0 Å². The molecule has 0 unspecified atom stereocenters. The number of nitrogens with zero attached hydrogens (tertiary/aromatic N) is 3. The molecule has 1 fully saturated rings. The minimum Gasteiger partial charge on any atom is -0.345 e. The number of fused-ring (bicyclic) bond motifs is 1. The molecule has 1 aliphatic rings. The van der Waals surface area contributed by atoms with Crippen molar-refractivity contribution in [2.24, 2.45) is 0 Å². The van der Waals surface area contributed by atoms with Gasteiger partial charge in [-0.05, 0) is 47.9 Å². The maximum atomic E-state index is 12.5. The Kier molecular flexibility index (Phi) is 6.09. The second-order valence-corrected chi connectivity index (χ2v) is 8.79. The minimum atomic E-state index is 0.00705. The number of aryl methyl sites for hydroxylation is 1. The fraction of sp³-hybridized carbons (Fsp3) is 0.273. The highest BCUT2D eigenvalue weighted by Gasteiger charge is 2.22. The van der Waals surface area contributed by atoms with Crippen LogP contribution in [0, 0.1) is 0 Å². The molecule has 0 spiro atoms. The van der Waals surface area contributed by atoms with Crippen LogP contribution in [0.4, 0.5) is 5.13 Å². The molecule has 3 aromatic rings. The first-order chi connectivity index (χ1) is 14.0. The number of rotatable bonds is 4. The Morgan fingerprint density at radius 1 is 1.10 bits per heavy atom. The van der Waals surface area contributed by atoms with E-state index in [1.807, 2.05) is 11.0 Å². The molecule has 2 heterocycles. The molecular weight excluding hydrogens is 425 g/mol. The van der Waals surface area contributed by atoms with E-state index in [1.165, 1.54) is 10.3 Å². The summed E-state index contributed by atoms with van der Waals surface area (Å²) < 4.78 is 1.22. The molecule has 7 heteroatoms. The van der Waals surface area contributed by atoms with Gasteiger partial charge >= 0.3 is 0 Å². The highest BCUT2D eigenvalue weighted by molar-refractivity contribution is 7.22. The lowest BCUT2D eigenvalue weighted by Gasteiger charge is -2.34. The molecule has 1 aromatic heterocycles. The van der Waals surface area contributed by atoms with Crippen molar-refractivity contribution in [3.8, 4) is 0 Å². The van der Waals surface area contributed by atoms with E-state index in [2.05, 4.69) is 30.0 Å². The van der Waals surface area contributed by atoms with Crippen molar-refractivity contribution >= 4 is 61.9 Å². The van der Waals surface area contributed by atoms with Crippen molar-refractivity contribution in [3.63, 3.8) is 0 Å². The van der Waals surface area contributed by atoms with E-state index in [4.69, 9.17) is 28.2 Å². The SMILES string of the molecule is CCc1ccc2nc(N3CCN(C(=O)/C=C/c4ccc(Cl)c(Cl)c4)CC3)sc2c1. The van der Waals surface area contributed by atoms with Gasteiger partial charge in [0.1, 0.15) is 0 Å². The Hall–Kier alpha value is -2.08. The topological polar surface area (TPSA) is 36.4 Å². The zero-order valence-corrected chi connectivity index (χ0v) is 18.4. The van der Waals surface area contributed by atoms with Gasteiger partial charge in [0.05, 0.1) is 20.3 Å². The molecule has 0 aliphatic carbocycles. The largest absolute Gasteiger partial charge is 0.345 e. The summed E-state index contributed by atoms with van der Waals surface area (Å²) in [7, 11) is 0. The van der Waals surface area contributed by atoms with Crippen molar-refractivity contribution < 1.29 is 4.79 Å². The van der Waals surface area contributed by atoms with Gasteiger partial charge in [0.25, 0.3) is 0 Å². The molecule has 1 saturated heterocycles. The van der Waals surface area contributed by atoms with Crippen LogP contribution >= 0.6 is 34.5 Å². The number of anilines is 1. The second-order valence-electron chi connectivity index (χ2n) is 6.97. The van der Waals surface area contributed by atoms with Gasteiger partial charge < -0.3 is 9.80 Å². The normalized spacial score (nSPS) is 14.9. The highest BCUT2D eigenvalue weighted by atomic mass is 35.5. The molecule has 1 amide bonds. The number of carbonyl (C=O) groups excluding carboxylic acids is 1. The average molecular weight is 446 g/mol. The van der Waals surface area contributed by atoms with Gasteiger partial charge in [-0.2, -0.15) is 0 Å². The summed E-state index contributed by atoms with van der Waals surface area (Å²) in [6.45, 7) is 5.09. The van der Waals surface area contributed by atoms with Crippen LogP contribution in [0.2, 0.25) is 10.0 Å². The monoisotopic (exact) mass is 445 g/mol. The third-order valence-corrected chi connectivity index (χ3v) is 6.89. The second kappa shape index (κ2) is 8.74. The van der Waals surface area contributed by atoms with Crippen LogP contribution in [-0.2, 0) is 11.2 Å². The van der Waals surface area contributed by atoms with E-state index in [0.717, 1.165) is 35.7 Å². The molecule has 0 radical (unpaired) electrons. The fourth-order valence-corrected chi connectivity index (χ4v) is 4.71. The number of thiazole rings is 1. The summed E-state index contributed by atoms with van der Waals surface area (Å²) >= 11 is 13.7. The molecule has 4 rings (SSSR count). The van der Waals surface area contributed by atoms with Gasteiger partial charge in [-0.3, -0.25) is 4.79 Å². The number of benzene rings is 2. The molecule has 0 N–H and O–H groups in total. The lowest BCUT2D eigenvalue weighted by atomic mass is 10.2. The minimum absolute atomic E-state index is 0.00705. The van der Waals surface area contributed by atoms with E-state index in [9.17, 15) is 4.79 Å². The molecular formula is C22H21Cl2N3OS. The predicted octanol–water partition coefficient (Wildman–Crippen LogP) is 5.53. The number of hydrogen-bond acceptors (Lipinski definition) is 4. The number of aromatic nitrogens is 1. The van der Waals surface area contributed by atoms with Crippen LogP contribution in [0.1, 0.15) is 18.1 Å². The van der Waals surface area contributed by atoms with Gasteiger partial charge in [-0.25, -0.2) is 4.98 Å². The first-order valence-corrected chi connectivity index (χ1v) is 11.2. The van der Waals surface area contributed by atoms with Gasteiger partial charge in [0.15, 0.2) is 5.13 Å². The van der Waals surface area contributed by atoms with Crippen LogP contribution in [-0.4, -0.2) is 42.0 Å². The summed E-state index contributed by atoms with van der Waals surface area (Å²) in [5.74, 6) is 0.00705. The third-order valence-electron chi connectivity index (χ3n) is 5.07. The van der Waals surface area contributed by atoms with Gasteiger partial charge in [-0.1, -0.05) is 53.6 Å². The van der Waals surface area contributed by atoms with Crippen molar-refractivity contribution in [2.45, 2.75) is 13.3 Å². The Morgan fingerprint density at radius 3 is 2.62 bits per heavy atom. The summed E-state index contributed by atoms with van der Waals surface area (Å²) in [4.78, 5) is 21.4. The quantitative estimate of drug-likeness (QED) is 0.495.